The monoisotopic (exact) mass is 463 g/mol. The third-order valence-corrected chi connectivity index (χ3v) is 6.77. The van der Waals surface area contributed by atoms with Gasteiger partial charge in [0.25, 0.3) is 5.91 Å². The number of carbonyl (C=O) groups is 1. The fraction of sp³-hybridized carbons (Fsp3) is 0.250. The van der Waals surface area contributed by atoms with Crippen molar-refractivity contribution in [2.24, 2.45) is 0 Å². The summed E-state index contributed by atoms with van der Waals surface area (Å²) < 4.78 is 16.9. The fourth-order valence-electron chi connectivity index (χ4n) is 4.15. The number of benzene rings is 2. The molecule has 168 valence electrons. The van der Waals surface area contributed by atoms with E-state index in [9.17, 15) is 9.59 Å². The van der Waals surface area contributed by atoms with Gasteiger partial charge in [-0.15, -0.1) is 10.2 Å². The molecule has 1 aliphatic rings. The number of aromatic nitrogens is 2. The van der Waals surface area contributed by atoms with Crippen LogP contribution in [0.15, 0.2) is 39.5 Å². The van der Waals surface area contributed by atoms with Crippen LogP contribution >= 0.6 is 11.3 Å². The molecular formula is C24H21N3O5S. The van der Waals surface area contributed by atoms with Crippen LogP contribution in [0.1, 0.15) is 43.9 Å². The van der Waals surface area contributed by atoms with E-state index in [2.05, 4.69) is 10.2 Å². The number of fused-ring (bicyclic) bond motifs is 2. The van der Waals surface area contributed by atoms with Crippen molar-refractivity contribution in [3.8, 4) is 11.5 Å². The summed E-state index contributed by atoms with van der Waals surface area (Å²) in [7, 11) is 3.08. The predicted octanol–water partition coefficient (Wildman–Crippen LogP) is 4.34. The third kappa shape index (κ3) is 3.19. The summed E-state index contributed by atoms with van der Waals surface area (Å²) in [5, 5.41) is 9.78. The molecule has 5 rings (SSSR count). The largest absolute Gasteiger partial charge is 0.493 e. The average Bonchev–Trinajstić information content (AvgIpc) is 3.35. The summed E-state index contributed by atoms with van der Waals surface area (Å²) in [4.78, 5) is 28.8. The quantitative estimate of drug-likeness (QED) is 0.444. The Balaban J connectivity index is 1.82. The van der Waals surface area contributed by atoms with Gasteiger partial charge in [-0.05, 0) is 61.7 Å². The molecule has 0 bridgehead atoms. The zero-order valence-corrected chi connectivity index (χ0v) is 19.6. The zero-order valence-electron chi connectivity index (χ0n) is 18.8. The molecule has 8 nitrogen and oxygen atoms in total. The van der Waals surface area contributed by atoms with Crippen molar-refractivity contribution in [1.29, 1.82) is 0 Å². The summed E-state index contributed by atoms with van der Waals surface area (Å²) in [6, 6.07) is 8.17. The van der Waals surface area contributed by atoms with Gasteiger partial charge in [0.2, 0.25) is 10.9 Å². The molecular weight excluding hydrogens is 442 g/mol. The average molecular weight is 464 g/mol. The standard InChI is InChI=1S/C24H21N3O5S/c1-11-8-15-17(9-12(11)2)32-22-19(21(15)28)20(14-6-7-16(30-4)18(10-14)31-5)27(23(22)29)24-26-25-13(3)33-24/h6-10,20H,1-5H3. The molecule has 0 saturated carbocycles. The molecule has 0 N–H and O–H groups in total. The molecule has 1 amide bonds. The number of amides is 1. The van der Waals surface area contributed by atoms with Crippen molar-refractivity contribution >= 4 is 33.3 Å². The van der Waals surface area contributed by atoms with Crippen molar-refractivity contribution in [3.05, 3.63) is 73.6 Å². The summed E-state index contributed by atoms with van der Waals surface area (Å²) >= 11 is 1.27. The van der Waals surface area contributed by atoms with Gasteiger partial charge in [0.1, 0.15) is 10.6 Å². The normalized spacial score (nSPS) is 15.2. The van der Waals surface area contributed by atoms with Crippen molar-refractivity contribution in [1.82, 2.24) is 10.2 Å². The summed E-state index contributed by atoms with van der Waals surface area (Å²) in [6.07, 6.45) is 0. The second-order valence-corrected chi connectivity index (χ2v) is 9.06. The van der Waals surface area contributed by atoms with Crippen molar-refractivity contribution < 1.29 is 18.7 Å². The van der Waals surface area contributed by atoms with E-state index in [1.807, 2.05) is 26.8 Å². The molecule has 2 aromatic heterocycles. The lowest BCUT2D eigenvalue weighted by Gasteiger charge is -2.23. The van der Waals surface area contributed by atoms with Crippen molar-refractivity contribution in [2.45, 2.75) is 26.8 Å². The highest BCUT2D eigenvalue weighted by Crippen LogP contribution is 2.44. The van der Waals surface area contributed by atoms with E-state index in [0.29, 0.717) is 38.2 Å². The first-order valence-electron chi connectivity index (χ1n) is 10.3. The first-order chi connectivity index (χ1) is 15.8. The van der Waals surface area contributed by atoms with Crippen molar-refractivity contribution in [2.75, 3.05) is 19.1 Å². The Morgan fingerprint density at radius 1 is 0.970 bits per heavy atom. The molecule has 1 unspecified atom stereocenters. The van der Waals surface area contributed by atoms with Gasteiger partial charge >= 0.3 is 0 Å². The molecule has 1 aliphatic heterocycles. The Labute approximate surface area is 193 Å². The first kappa shape index (κ1) is 21.1. The number of ether oxygens (including phenoxy) is 2. The Hall–Kier alpha value is -3.72. The maximum atomic E-state index is 13.7. The van der Waals surface area contributed by atoms with Crippen LogP contribution in [0.5, 0.6) is 11.5 Å². The maximum Gasteiger partial charge on any atom is 0.297 e. The lowest BCUT2D eigenvalue weighted by atomic mass is 9.97. The number of anilines is 1. The lowest BCUT2D eigenvalue weighted by Crippen LogP contribution is -2.29. The van der Waals surface area contributed by atoms with Gasteiger partial charge in [0.15, 0.2) is 16.9 Å². The number of hydrogen-bond donors (Lipinski definition) is 0. The molecule has 4 aromatic rings. The topological polar surface area (TPSA) is 94.8 Å². The lowest BCUT2D eigenvalue weighted by molar-refractivity contribution is 0.0970. The fourth-order valence-corrected chi connectivity index (χ4v) is 4.86. The highest BCUT2D eigenvalue weighted by Gasteiger charge is 2.45. The minimum Gasteiger partial charge on any atom is -0.493 e. The number of nitrogens with zero attached hydrogens (tertiary/aromatic N) is 3. The molecule has 1 atom stereocenters. The second kappa shape index (κ2) is 7.70. The SMILES string of the molecule is COc1ccc(C2c3c(oc4cc(C)c(C)cc4c3=O)C(=O)N2c2nnc(C)s2)cc1OC. The molecule has 0 fully saturated rings. The summed E-state index contributed by atoms with van der Waals surface area (Å²) in [6.45, 7) is 5.69. The minimum absolute atomic E-state index is 0.0170. The number of methoxy groups -OCH3 is 2. The van der Waals surface area contributed by atoms with Gasteiger partial charge in [0.05, 0.1) is 31.2 Å². The van der Waals surface area contributed by atoms with Crippen molar-refractivity contribution in [3.63, 3.8) is 0 Å². The number of rotatable bonds is 4. The first-order valence-corrected chi connectivity index (χ1v) is 11.1. The van der Waals surface area contributed by atoms with E-state index < -0.39 is 11.9 Å². The van der Waals surface area contributed by atoms with E-state index in [0.717, 1.165) is 11.1 Å². The summed E-state index contributed by atoms with van der Waals surface area (Å²) in [5.74, 6) is 0.614. The Morgan fingerprint density at radius 2 is 1.70 bits per heavy atom. The van der Waals surface area contributed by atoms with Gasteiger partial charge in [-0.3, -0.25) is 14.5 Å². The Kier molecular flexibility index (Phi) is 4.93. The van der Waals surface area contributed by atoms with Gasteiger partial charge in [0, 0.05) is 0 Å². The predicted molar refractivity (Wildman–Crippen MR) is 125 cm³/mol. The van der Waals surface area contributed by atoms with E-state index >= 15 is 0 Å². The zero-order chi connectivity index (χ0) is 23.4. The van der Waals surface area contributed by atoms with Crippen LogP contribution in [0.4, 0.5) is 5.13 Å². The molecule has 33 heavy (non-hydrogen) atoms. The molecule has 9 heteroatoms. The summed E-state index contributed by atoms with van der Waals surface area (Å²) in [5.41, 5.74) is 3.03. The van der Waals surface area contributed by atoms with E-state index in [4.69, 9.17) is 13.9 Å². The van der Waals surface area contributed by atoms with Crippen LogP contribution in [0.25, 0.3) is 11.0 Å². The molecule has 0 spiro atoms. The van der Waals surface area contributed by atoms with Gasteiger partial charge in [-0.1, -0.05) is 17.4 Å². The third-order valence-electron chi connectivity index (χ3n) is 5.93. The van der Waals surface area contributed by atoms with Crippen LogP contribution in [-0.4, -0.2) is 30.3 Å². The van der Waals surface area contributed by atoms with E-state index in [1.165, 1.54) is 23.3 Å². The van der Waals surface area contributed by atoms with Crippen LogP contribution in [-0.2, 0) is 0 Å². The highest BCUT2D eigenvalue weighted by molar-refractivity contribution is 7.15. The number of carbonyl (C=O) groups excluding carboxylic acids is 1. The van der Waals surface area contributed by atoms with Gasteiger partial charge in [-0.25, -0.2) is 0 Å². The molecule has 3 heterocycles. The van der Waals surface area contributed by atoms with Crippen LogP contribution in [0.3, 0.4) is 0 Å². The van der Waals surface area contributed by atoms with Crippen LogP contribution in [0, 0.1) is 20.8 Å². The minimum atomic E-state index is -0.748. The van der Waals surface area contributed by atoms with Gasteiger partial charge in [-0.2, -0.15) is 0 Å². The molecule has 0 radical (unpaired) electrons. The molecule has 2 aromatic carbocycles. The van der Waals surface area contributed by atoms with Crippen LogP contribution < -0.4 is 19.8 Å². The second-order valence-electron chi connectivity index (χ2n) is 7.90. The molecule has 0 saturated heterocycles. The Morgan fingerprint density at radius 3 is 2.36 bits per heavy atom. The highest BCUT2D eigenvalue weighted by atomic mass is 32.1. The van der Waals surface area contributed by atoms with Crippen LogP contribution in [0.2, 0.25) is 0 Å². The number of aryl methyl sites for hydroxylation is 3. The van der Waals surface area contributed by atoms with E-state index in [1.54, 1.807) is 31.4 Å². The number of hydrogen-bond acceptors (Lipinski definition) is 8. The van der Waals surface area contributed by atoms with Gasteiger partial charge < -0.3 is 13.9 Å². The smallest absolute Gasteiger partial charge is 0.297 e. The maximum absolute atomic E-state index is 13.7. The molecule has 0 aliphatic carbocycles. The van der Waals surface area contributed by atoms with E-state index in [-0.39, 0.29) is 16.8 Å². The Bertz CT molecular complexity index is 1490.